The molecule has 2 N–H and O–H groups in total. The molecule has 0 heterocycles. The summed E-state index contributed by atoms with van der Waals surface area (Å²) in [5.41, 5.74) is -0.598. The van der Waals surface area contributed by atoms with Crippen LogP contribution < -0.4 is 10.6 Å². The van der Waals surface area contributed by atoms with Crippen molar-refractivity contribution >= 4 is 12.0 Å². The summed E-state index contributed by atoms with van der Waals surface area (Å²) in [5.74, 6) is -0.446. The quantitative estimate of drug-likeness (QED) is 0.729. The SMILES string of the molecule is CC(C)(C)OC(=O)NCC(=O)NCCF. The van der Waals surface area contributed by atoms with Crippen LogP contribution in [0, 0.1) is 0 Å². The molecule has 0 saturated heterocycles. The Kier molecular flexibility index (Phi) is 5.66. The van der Waals surface area contributed by atoms with E-state index in [9.17, 15) is 14.0 Å². The number of nitrogens with one attached hydrogen (secondary N) is 2. The van der Waals surface area contributed by atoms with Crippen molar-refractivity contribution < 1.29 is 18.7 Å². The number of alkyl halides is 1. The summed E-state index contributed by atoms with van der Waals surface area (Å²) in [4.78, 5) is 22.0. The Bertz CT molecular complexity index is 226. The molecule has 5 nitrogen and oxygen atoms in total. The van der Waals surface area contributed by atoms with E-state index >= 15 is 0 Å². The lowest BCUT2D eigenvalue weighted by Crippen LogP contribution is -2.40. The number of hydrogen-bond acceptors (Lipinski definition) is 3. The molecule has 0 aromatic heterocycles. The average molecular weight is 220 g/mol. The maximum Gasteiger partial charge on any atom is 0.408 e. The van der Waals surface area contributed by atoms with E-state index in [0.717, 1.165) is 0 Å². The first-order chi connectivity index (χ1) is 6.85. The number of carbonyl (C=O) groups is 2. The van der Waals surface area contributed by atoms with E-state index in [-0.39, 0.29) is 13.1 Å². The molecular weight excluding hydrogens is 203 g/mol. The van der Waals surface area contributed by atoms with Gasteiger partial charge in [-0.25, -0.2) is 9.18 Å². The second-order valence-corrected chi connectivity index (χ2v) is 3.89. The molecule has 0 radical (unpaired) electrons. The van der Waals surface area contributed by atoms with Crippen LogP contribution >= 0.6 is 0 Å². The average Bonchev–Trinajstić information content (AvgIpc) is 2.08. The summed E-state index contributed by atoms with van der Waals surface area (Å²) in [6.45, 7) is 4.27. The monoisotopic (exact) mass is 220 g/mol. The molecule has 0 spiro atoms. The minimum absolute atomic E-state index is 0.0468. The van der Waals surface area contributed by atoms with E-state index in [0.29, 0.717) is 0 Å². The van der Waals surface area contributed by atoms with E-state index in [4.69, 9.17) is 4.74 Å². The molecule has 88 valence electrons. The predicted molar refractivity (Wildman–Crippen MR) is 53.2 cm³/mol. The van der Waals surface area contributed by atoms with Gasteiger partial charge in [-0.05, 0) is 20.8 Å². The lowest BCUT2D eigenvalue weighted by molar-refractivity contribution is -0.120. The van der Waals surface area contributed by atoms with Crippen molar-refractivity contribution in [1.29, 1.82) is 0 Å². The van der Waals surface area contributed by atoms with E-state index in [1.807, 2.05) is 0 Å². The first kappa shape index (κ1) is 13.7. The zero-order valence-corrected chi connectivity index (χ0v) is 9.22. The van der Waals surface area contributed by atoms with Gasteiger partial charge in [-0.3, -0.25) is 4.79 Å². The maximum atomic E-state index is 11.6. The third-order valence-electron chi connectivity index (χ3n) is 1.21. The van der Waals surface area contributed by atoms with Crippen LogP contribution in [-0.4, -0.2) is 37.4 Å². The molecular formula is C9H17FN2O3. The molecule has 0 atom stereocenters. The molecule has 6 heteroatoms. The van der Waals surface area contributed by atoms with E-state index in [1.165, 1.54) is 0 Å². The van der Waals surface area contributed by atoms with Crippen LogP contribution in [0.3, 0.4) is 0 Å². The van der Waals surface area contributed by atoms with Gasteiger partial charge in [-0.2, -0.15) is 0 Å². The van der Waals surface area contributed by atoms with Crippen LogP contribution in [0.1, 0.15) is 20.8 Å². The third kappa shape index (κ3) is 8.99. The highest BCUT2D eigenvalue weighted by atomic mass is 19.1. The Morgan fingerprint density at radius 1 is 1.27 bits per heavy atom. The molecule has 0 unspecified atom stereocenters. The van der Waals surface area contributed by atoms with Gasteiger partial charge in [-0.1, -0.05) is 0 Å². The zero-order chi connectivity index (χ0) is 11.9. The van der Waals surface area contributed by atoms with E-state index in [1.54, 1.807) is 20.8 Å². The van der Waals surface area contributed by atoms with Gasteiger partial charge in [0.1, 0.15) is 12.3 Å². The van der Waals surface area contributed by atoms with E-state index in [2.05, 4.69) is 10.6 Å². The summed E-state index contributed by atoms with van der Waals surface area (Å²) in [7, 11) is 0. The lowest BCUT2D eigenvalue weighted by Gasteiger charge is -2.19. The topological polar surface area (TPSA) is 67.4 Å². The Labute approximate surface area is 88.4 Å². The standard InChI is InChI=1S/C9H17FN2O3/c1-9(2,3)15-8(14)12-6-7(13)11-5-4-10/h4-6H2,1-3H3,(H,11,13)(H,12,14). The summed E-state index contributed by atoms with van der Waals surface area (Å²) in [6.07, 6.45) is -0.669. The van der Waals surface area contributed by atoms with Crippen LogP contribution in [0.2, 0.25) is 0 Å². The molecule has 15 heavy (non-hydrogen) atoms. The van der Waals surface area contributed by atoms with Gasteiger partial charge >= 0.3 is 6.09 Å². The van der Waals surface area contributed by atoms with E-state index < -0.39 is 24.3 Å². The molecule has 0 aromatic rings. The van der Waals surface area contributed by atoms with Crippen LogP contribution in [0.15, 0.2) is 0 Å². The molecule has 2 amide bonds. The Morgan fingerprint density at radius 2 is 1.87 bits per heavy atom. The summed E-state index contributed by atoms with van der Waals surface area (Å²) < 4.78 is 16.5. The minimum atomic E-state index is -0.669. The zero-order valence-electron chi connectivity index (χ0n) is 9.22. The van der Waals surface area contributed by atoms with Crippen molar-refractivity contribution in [3.05, 3.63) is 0 Å². The first-order valence-corrected chi connectivity index (χ1v) is 4.64. The van der Waals surface area contributed by atoms with Gasteiger partial charge in [0, 0.05) is 6.54 Å². The Morgan fingerprint density at radius 3 is 2.33 bits per heavy atom. The number of hydrogen-bond donors (Lipinski definition) is 2. The van der Waals surface area contributed by atoms with Crippen LogP contribution in [-0.2, 0) is 9.53 Å². The molecule has 0 bridgehead atoms. The number of halogens is 1. The van der Waals surface area contributed by atoms with Crippen LogP contribution in [0.5, 0.6) is 0 Å². The molecule has 0 aromatic carbocycles. The van der Waals surface area contributed by atoms with Crippen molar-refractivity contribution in [1.82, 2.24) is 10.6 Å². The molecule has 0 aliphatic heterocycles. The number of amides is 2. The summed E-state index contributed by atoms with van der Waals surface area (Å²) in [5, 5.41) is 4.52. The molecule has 0 aliphatic carbocycles. The number of alkyl carbamates (subject to hydrolysis) is 1. The molecule has 0 rings (SSSR count). The van der Waals surface area contributed by atoms with Gasteiger partial charge in [0.25, 0.3) is 0 Å². The fourth-order valence-electron chi connectivity index (χ4n) is 0.716. The fraction of sp³-hybridized carbons (Fsp3) is 0.778. The van der Waals surface area contributed by atoms with Gasteiger partial charge < -0.3 is 15.4 Å². The highest BCUT2D eigenvalue weighted by molar-refractivity contribution is 5.82. The van der Waals surface area contributed by atoms with Gasteiger partial charge in [-0.15, -0.1) is 0 Å². The summed E-state index contributed by atoms with van der Waals surface area (Å²) in [6, 6.07) is 0. The molecule has 0 fully saturated rings. The second kappa shape index (κ2) is 6.21. The van der Waals surface area contributed by atoms with Crippen molar-refractivity contribution in [2.24, 2.45) is 0 Å². The normalized spacial score (nSPS) is 10.7. The number of carbonyl (C=O) groups excluding carboxylic acids is 2. The van der Waals surface area contributed by atoms with Crippen LogP contribution in [0.4, 0.5) is 9.18 Å². The smallest absolute Gasteiger partial charge is 0.408 e. The first-order valence-electron chi connectivity index (χ1n) is 4.64. The van der Waals surface area contributed by atoms with Crippen molar-refractivity contribution in [2.45, 2.75) is 26.4 Å². The largest absolute Gasteiger partial charge is 0.444 e. The van der Waals surface area contributed by atoms with Crippen molar-refractivity contribution in [3.8, 4) is 0 Å². The predicted octanol–water partition coefficient (Wildman–Crippen LogP) is 0.597. The Hall–Kier alpha value is -1.33. The summed E-state index contributed by atoms with van der Waals surface area (Å²) >= 11 is 0. The highest BCUT2D eigenvalue weighted by Crippen LogP contribution is 2.05. The number of ether oxygens (including phenoxy) is 1. The van der Waals surface area contributed by atoms with Gasteiger partial charge in [0.15, 0.2) is 0 Å². The Balaban J connectivity index is 3.67. The second-order valence-electron chi connectivity index (χ2n) is 3.89. The molecule has 0 aliphatic rings. The fourth-order valence-corrected chi connectivity index (χ4v) is 0.716. The van der Waals surface area contributed by atoms with Gasteiger partial charge in [0.2, 0.25) is 5.91 Å². The minimum Gasteiger partial charge on any atom is -0.444 e. The van der Waals surface area contributed by atoms with Crippen LogP contribution in [0.25, 0.3) is 0 Å². The molecule has 0 saturated carbocycles. The van der Waals surface area contributed by atoms with Crippen molar-refractivity contribution in [2.75, 3.05) is 19.8 Å². The maximum absolute atomic E-state index is 11.6. The van der Waals surface area contributed by atoms with Crippen molar-refractivity contribution in [3.63, 3.8) is 0 Å². The number of rotatable bonds is 4. The lowest BCUT2D eigenvalue weighted by atomic mass is 10.2. The van der Waals surface area contributed by atoms with Gasteiger partial charge in [0.05, 0.1) is 6.54 Å². The third-order valence-corrected chi connectivity index (χ3v) is 1.21. The highest BCUT2D eigenvalue weighted by Gasteiger charge is 2.16.